The van der Waals surface area contributed by atoms with Gasteiger partial charge in [0.2, 0.25) is 5.43 Å². The van der Waals surface area contributed by atoms with E-state index in [2.05, 4.69) is 5.43 Å². The number of hydrogen-bond acceptors (Lipinski definition) is 4. The predicted octanol–water partition coefficient (Wildman–Crippen LogP) is 2.98. The minimum absolute atomic E-state index is 0.000116. The number of carbonyl (C=O) groups is 1. The smallest absolute Gasteiger partial charge is 0.278 e. The van der Waals surface area contributed by atoms with Gasteiger partial charge in [0, 0.05) is 17.8 Å². The van der Waals surface area contributed by atoms with Crippen LogP contribution in [-0.4, -0.2) is 28.8 Å². The number of carbonyl (C=O) groups excluding carboxylic acids is 1. The number of pyridine rings is 1. The minimum Gasteiger partial charge on any atom is -0.487 e. The third kappa shape index (κ3) is 3.53. The van der Waals surface area contributed by atoms with E-state index in [1.807, 2.05) is 6.92 Å². The fraction of sp³-hybridized carbons (Fsp3) is 0.333. The number of nitrogens with zero attached hydrogens (tertiary/aromatic N) is 2. The Bertz CT molecular complexity index is 884. The second-order valence-corrected chi connectivity index (χ2v) is 6.37. The number of ether oxygens (including phenoxy) is 1. The summed E-state index contributed by atoms with van der Waals surface area (Å²) >= 11 is 5.81. The van der Waals surface area contributed by atoms with Crippen LogP contribution in [0.25, 0.3) is 0 Å². The first kappa shape index (κ1) is 18.3. The van der Waals surface area contributed by atoms with E-state index >= 15 is 0 Å². The molecule has 0 fully saturated rings. The van der Waals surface area contributed by atoms with Gasteiger partial charge in [-0.05, 0) is 12.5 Å². The molecule has 1 aromatic heterocycles. The van der Waals surface area contributed by atoms with Crippen LogP contribution in [0.2, 0.25) is 5.02 Å². The van der Waals surface area contributed by atoms with Crippen molar-refractivity contribution in [2.75, 3.05) is 18.7 Å². The van der Waals surface area contributed by atoms with Crippen LogP contribution < -0.4 is 15.6 Å². The Morgan fingerprint density at radius 1 is 1.31 bits per heavy atom. The lowest BCUT2D eigenvalue weighted by Crippen LogP contribution is -2.46. The van der Waals surface area contributed by atoms with Crippen molar-refractivity contribution in [3.8, 4) is 5.75 Å². The molecule has 0 unspecified atom stereocenters. The molecular weight excluding hydrogens is 361 g/mol. The number of hydrogen-bond donors (Lipinski definition) is 1. The van der Waals surface area contributed by atoms with Gasteiger partial charge >= 0.3 is 0 Å². The van der Waals surface area contributed by atoms with E-state index in [9.17, 15) is 14.0 Å². The number of fused-ring (bicyclic) bond motifs is 1. The lowest BCUT2D eigenvalue weighted by atomic mass is 10.2. The van der Waals surface area contributed by atoms with Crippen LogP contribution in [0.4, 0.5) is 4.39 Å². The molecule has 1 aliphatic heterocycles. The van der Waals surface area contributed by atoms with Crippen molar-refractivity contribution in [3.63, 3.8) is 0 Å². The Morgan fingerprint density at radius 2 is 2.12 bits per heavy atom. The van der Waals surface area contributed by atoms with E-state index in [1.165, 1.54) is 27.9 Å². The Balaban J connectivity index is 1.90. The number of unbranched alkanes of at least 4 members (excludes halogenated alkanes) is 1. The van der Waals surface area contributed by atoms with Gasteiger partial charge in [-0.3, -0.25) is 14.3 Å². The predicted molar refractivity (Wildman–Crippen MR) is 96.6 cm³/mol. The minimum atomic E-state index is -0.558. The summed E-state index contributed by atoms with van der Waals surface area (Å²) in [6.45, 7) is 2.54. The zero-order valence-electron chi connectivity index (χ0n) is 14.3. The summed E-state index contributed by atoms with van der Waals surface area (Å²) < 4.78 is 21.2. The standard InChI is InChI=1S/C18H19ClFN3O3/c1-2-3-9-26-17-14(24)7-8-23-16(17)18(25)22(11-21-23)10-12-5-4-6-13(19)15(12)20/h4-8,21H,2-3,9-11H2,1H3. The Kier molecular flexibility index (Phi) is 5.46. The molecule has 1 aromatic carbocycles. The molecule has 2 aromatic rings. The van der Waals surface area contributed by atoms with Crippen LogP contribution in [0.1, 0.15) is 35.8 Å². The van der Waals surface area contributed by atoms with Gasteiger partial charge in [-0.15, -0.1) is 0 Å². The topological polar surface area (TPSA) is 63.6 Å². The monoisotopic (exact) mass is 379 g/mol. The van der Waals surface area contributed by atoms with Crippen molar-refractivity contribution in [1.29, 1.82) is 0 Å². The molecule has 0 spiro atoms. The van der Waals surface area contributed by atoms with Crippen molar-refractivity contribution >= 4 is 17.5 Å². The van der Waals surface area contributed by atoms with E-state index < -0.39 is 11.7 Å². The summed E-state index contributed by atoms with van der Waals surface area (Å²) in [7, 11) is 0. The molecule has 1 aliphatic rings. The number of benzene rings is 1. The van der Waals surface area contributed by atoms with E-state index in [-0.39, 0.29) is 35.1 Å². The number of aromatic nitrogens is 1. The second kappa shape index (κ2) is 7.78. The van der Waals surface area contributed by atoms with E-state index in [0.29, 0.717) is 12.2 Å². The van der Waals surface area contributed by atoms with Gasteiger partial charge in [-0.2, -0.15) is 0 Å². The molecule has 3 rings (SSSR count). The first-order chi connectivity index (χ1) is 12.5. The summed E-state index contributed by atoms with van der Waals surface area (Å²) in [4.78, 5) is 26.5. The van der Waals surface area contributed by atoms with Gasteiger partial charge in [0.1, 0.15) is 12.5 Å². The lowest BCUT2D eigenvalue weighted by Gasteiger charge is -2.32. The van der Waals surface area contributed by atoms with Crippen LogP contribution >= 0.6 is 11.6 Å². The Labute approximate surface area is 155 Å². The summed E-state index contributed by atoms with van der Waals surface area (Å²) in [5.74, 6) is -0.959. The Morgan fingerprint density at radius 3 is 2.88 bits per heavy atom. The van der Waals surface area contributed by atoms with Crippen molar-refractivity contribution < 1.29 is 13.9 Å². The molecule has 26 heavy (non-hydrogen) atoms. The van der Waals surface area contributed by atoms with Gasteiger partial charge < -0.3 is 15.1 Å². The average molecular weight is 380 g/mol. The highest BCUT2D eigenvalue weighted by atomic mass is 35.5. The molecule has 0 bridgehead atoms. The molecule has 0 radical (unpaired) electrons. The highest BCUT2D eigenvalue weighted by Gasteiger charge is 2.29. The van der Waals surface area contributed by atoms with Gasteiger partial charge in [0.25, 0.3) is 5.91 Å². The highest BCUT2D eigenvalue weighted by Crippen LogP contribution is 2.23. The average Bonchev–Trinajstić information content (AvgIpc) is 2.63. The van der Waals surface area contributed by atoms with Crippen LogP contribution in [0.3, 0.4) is 0 Å². The molecule has 0 saturated heterocycles. The fourth-order valence-corrected chi connectivity index (χ4v) is 2.89. The van der Waals surface area contributed by atoms with E-state index in [0.717, 1.165) is 12.8 Å². The van der Waals surface area contributed by atoms with Crippen molar-refractivity contribution in [3.05, 3.63) is 62.8 Å². The van der Waals surface area contributed by atoms with Crippen LogP contribution in [0, 0.1) is 5.82 Å². The zero-order valence-corrected chi connectivity index (χ0v) is 15.1. The molecule has 0 atom stereocenters. The summed E-state index contributed by atoms with van der Waals surface area (Å²) in [6.07, 6.45) is 3.16. The van der Waals surface area contributed by atoms with E-state index in [1.54, 1.807) is 12.1 Å². The zero-order chi connectivity index (χ0) is 18.7. The van der Waals surface area contributed by atoms with E-state index in [4.69, 9.17) is 16.3 Å². The largest absolute Gasteiger partial charge is 0.487 e. The molecule has 138 valence electrons. The molecule has 0 saturated carbocycles. The quantitative estimate of drug-likeness (QED) is 0.784. The maximum atomic E-state index is 14.2. The molecule has 1 N–H and O–H groups in total. The number of amides is 1. The van der Waals surface area contributed by atoms with Gasteiger partial charge in [-0.25, -0.2) is 4.39 Å². The number of halogens is 2. The SMILES string of the molecule is CCCCOc1c2n(ccc1=O)NCN(Cc1cccc(Cl)c1F)C2=O. The maximum Gasteiger partial charge on any atom is 0.278 e. The molecular formula is C18H19ClFN3O3. The van der Waals surface area contributed by atoms with Crippen LogP contribution in [-0.2, 0) is 6.54 Å². The molecule has 0 aliphatic carbocycles. The molecule has 2 heterocycles. The van der Waals surface area contributed by atoms with Crippen LogP contribution in [0.5, 0.6) is 5.75 Å². The summed E-state index contributed by atoms with van der Waals surface area (Å²) in [5, 5.41) is 0.000116. The van der Waals surface area contributed by atoms with Crippen molar-refractivity contribution in [2.45, 2.75) is 26.3 Å². The van der Waals surface area contributed by atoms with Crippen molar-refractivity contribution in [2.24, 2.45) is 0 Å². The maximum absolute atomic E-state index is 14.2. The lowest BCUT2D eigenvalue weighted by molar-refractivity contribution is 0.0705. The molecule has 6 nitrogen and oxygen atoms in total. The normalized spacial score (nSPS) is 13.3. The van der Waals surface area contributed by atoms with Crippen LogP contribution in [0.15, 0.2) is 35.3 Å². The second-order valence-electron chi connectivity index (χ2n) is 5.96. The number of nitrogens with one attached hydrogen (secondary N) is 1. The van der Waals surface area contributed by atoms with Gasteiger partial charge in [0.15, 0.2) is 11.4 Å². The summed E-state index contributed by atoms with van der Waals surface area (Å²) in [5.41, 5.74) is 3.05. The first-order valence-corrected chi connectivity index (χ1v) is 8.75. The van der Waals surface area contributed by atoms with Gasteiger partial charge in [-0.1, -0.05) is 37.1 Å². The Hall–Kier alpha value is -2.54. The third-order valence-corrected chi connectivity index (χ3v) is 4.41. The molecule has 1 amide bonds. The number of rotatable bonds is 6. The fourth-order valence-electron chi connectivity index (χ4n) is 2.70. The summed E-state index contributed by atoms with van der Waals surface area (Å²) in [6, 6.07) is 5.99. The first-order valence-electron chi connectivity index (χ1n) is 8.37. The molecule has 8 heteroatoms. The highest BCUT2D eigenvalue weighted by molar-refractivity contribution is 6.30. The third-order valence-electron chi connectivity index (χ3n) is 4.11. The van der Waals surface area contributed by atoms with Gasteiger partial charge in [0.05, 0.1) is 18.2 Å². The van der Waals surface area contributed by atoms with Crippen molar-refractivity contribution in [1.82, 2.24) is 9.58 Å².